The molecule has 4 atom stereocenters. The molecule has 2 fully saturated rings. The molecule has 0 radical (unpaired) electrons. The van der Waals surface area contributed by atoms with Gasteiger partial charge in [-0.1, -0.05) is 37.8 Å². The third-order valence-corrected chi connectivity index (χ3v) is 6.38. The number of hydrogen-bond donors (Lipinski definition) is 1. The maximum Gasteiger partial charge on any atom is 0.111 e. The van der Waals surface area contributed by atoms with Crippen LogP contribution < -0.4 is 0 Å². The van der Waals surface area contributed by atoms with Crippen molar-refractivity contribution in [1.29, 1.82) is 0 Å². The maximum atomic E-state index is 8.97. The van der Waals surface area contributed by atoms with E-state index in [-0.39, 0.29) is 18.8 Å². The zero-order valence-electron chi connectivity index (χ0n) is 18.3. The molecular weight excluding hydrogens is 366 g/mol. The molecule has 3 heterocycles. The normalized spacial score (nSPS) is 27.9. The average Bonchev–Trinajstić information content (AvgIpc) is 3.21. The molecule has 0 aromatic carbocycles. The van der Waals surface area contributed by atoms with E-state index in [1.807, 2.05) is 4.68 Å². The molecule has 0 aliphatic carbocycles. The van der Waals surface area contributed by atoms with Gasteiger partial charge in [0.15, 0.2) is 0 Å². The number of rotatable bonds is 12. The fourth-order valence-electron chi connectivity index (χ4n) is 4.70. The second-order valence-electron chi connectivity index (χ2n) is 8.92. The van der Waals surface area contributed by atoms with Gasteiger partial charge in [-0.2, -0.15) is 0 Å². The summed E-state index contributed by atoms with van der Waals surface area (Å²) >= 11 is 0. The lowest BCUT2D eigenvalue weighted by atomic mass is 9.99. The van der Waals surface area contributed by atoms with Crippen molar-refractivity contribution in [3.05, 3.63) is 11.9 Å². The van der Waals surface area contributed by atoms with Crippen molar-refractivity contribution in [1.82, 2.24) is 15.0 Å². The summed E-state index contributed by atoms with van der Waals surface area (Å²) < 4.78 is 14.6. The Morgan fingerprint density at radius 1 is 0.931 bits per heavy atom. The second-order valence-corrected chi connectivity index (χ2v) is 8.92. The lowest BCUT2D eigenvalue weighted by Gasteiger charge is -2.30. The van der Waals surface area contributed by atoms with Crippen LogP contribution in [0.2, 0.25) is 0 Å². The molecule has 2 saturated heterocycles. The Morgan fingerprint density at radius 3 is 2.45 bits per heavy atom. The van der Waals surface area contributed by atoms with Crippen LogP contribution in [0.15, 0.2) is 6.20 Å². The van der Waals surface area contributed by atoms with Crippen LogP contribution in [0.1, 0.15) is 109 Å². The number of unbranched alkanes of at least 4 members (excludes halogenated alkanes) is 4. The van der Waals surface area contributed by atoms with Crippen molar-refractivity contribution >= 4 is 0 Å². The van der Waals surface area contributed by atoms with E-state index in [9.17, 15) is 0 Å². The Bertz CT molecular complexity index is 565. The minimum atomic E-state index is 0.0650. The van der Waals surface area contributed by atoms with E-state index in [4.69, 9.17) is 14.6 Å². The van der Waals surface area contributed by atoms with Gasteiger partial charge in [-0.05, 0) is 64.2 Å². The maximum absolute atomic E-state index is 8.97. The van der Waals surface area contributed by atoms with Crippen molar-refractivity contribution in [2.75, 3.05) is 6.61 Å². The van der Waals surface area contributed by atoms with Gasteiger partial charge in [0.05, 0.1) is 31.1 Å². The number of nitrogens with zero attached hydrogens (tertiary/aromatic N) is 3. The largest absolute Gasteiger partial charge is 0.396 e. The first-order valence-corrected chi connectivity index (χ1v) is 12.1. The Kier molecular flexibility index (Phi) is 9.91. The van der Waals surface area contributed by atoms with Crippen LogP contribution >= 0.6 is 0 Å². The molecule has 0 unspecified atom stereocenters. The second kappa shape index (κ2) is 12.7. The molecule has 6 nitrogen and oxygen atoms in total. The number of aromatic nitrogens is 3. The molecule has 1 aromatic rings. The summed E-state index contributed by atoms with van der Waals surface area (Å²) in [6.07, 6.45) is 19.4. The monoisotopic (exact) mass is 407 g/mol. The van der Waals surface area contributed by atoms with E-state index >= 15 is 0 Å². The van der Waals surface area contributed by atoms with Crippen molar-refractivity contribution in [3.63, 3.8) is 0 Å². The summed E-state index contributed by atoms with van der Waals surface area (Å²) in [5.41, 5.74) is 0.962. The van der Waals surface area contributed by atoms with Gasteiger partial charge in [0.25, 0.3) is 0 Å². The van der Waals surface area contributed by atoms with Crippen molar-refractivity contribution in [2.24, 2.45) is 0 Å². The molecule has 6 heteroatoms. The Balaban J connectivity index is 1.43. The van der Waals surface area contributed by atoms with E-state index in [0.717, 1.165) is 50.8 Å². The lowest BCUT2D eigenvalue weighted by Crippen LogP contribution is -2.31. The van der Waals surface area contributed by atoms with E-state index in [1.54, 1.807) is 0 Å². The Hall–Kier alpha value is -0.980. The highest BCUT2D eigenvalue weighted by molar-refractivity contribution is 4.99. The number of aliphatic hydroxyl groups is 1. The Morgan fingerprint density at radius 2 is 1.66 bits per heavy atom. The molecular formula is C23H41N3O3. The summed E-state index contributed by atoms with van der Waals surface area (Å²) in [7, 11) is 0. The molecule has 1 N–H and O–H groups in total. The van der Waals surface area contributed by atoms with Gasteiger partial charge in [-0.25, -0.2) is 4.68 Å². The summed E-state index contributed by atoms with van der Waals surface area (Å²) in [5.74, 6) is 0. The molecule has 0 spiro atoms. The standard InChI is InChI=1S/C23H41N3O3/c1-2-3-4-5-10-19-12-8-14-21(28-19)17-26-18-22(24-25-26)23-15-9-13-20(29-23)11-6-7-16-27/h18-21,23,27H,2-17H2,1H3/t19-,20-,21-,23-/m0/s1. The van der Waals surface area contributed by atoms with Gasteiger partial charge in [0, 0.05) is 6.61 Å². The highest BCUT2D eigenvalue weighted by Gasteiger charge is 2.27. The van der Waals surface area contributed by atoms with Crippen LogP contribution in [-0.2, 0) is 16.0 Å². The highest BCUT2D eigenvalue weighted by Crippen LogP contribution is 2.32. The molecule has 2 aliphatic rings. The van der Waals surface area contributed by atoms with E-state index in [2.05, 4.69) is 23.4 Å². The highest BCUT2D eigenvalue weighted by atomic mass is 16.5. The first kappa shape index (κ1) is 22.7. The van der Waals surface area contributed by atoms with Gasteiger partial charge in [0.1, 0.15) is 11.8 Å². The predicted octanol–water partition coefficient (Wildman–Crippen LogP) is 4.96. The third-order valence-electron chi connectivity index (χ3n) is 6.38. The van der Waals surface area contributed by atoms with Crippen LogP contribution in [0.25, 0.3) is 0 Å². The minimum absolute atomic E-state index is 0.0650. The molecule has 29 heavy (non-hydrogen) atoms. The zero-order valence-corrected chi connectivity index (χ0v) is 18.3. The topological polar surface area (TPSA) is 69.4 Å². The van der Waals surface area contributed by atoms with Crippen molar-refractivity contribution in [2.45, 2.75) is 128 Å². The molecule has 0 saturated carbocycles. The van der Waals surface area contributed by atoms with E-state index in [0.29, 0.717) is 12.2 Å². The van der Waals surface area contributed by atoms with Crippen LogP contribution in [0.5, 0.6) is 0 Å². The predicted molar refractivity (Wildman–Crippen MR) is 114 cm³/mol. The molecule has 1 aromatic heterocycles. The van der Waals surface area contributed by atoms with Crippen LogP contribution in [-0.4, -0.2) is 45.0 Å². The van der Waals surface area contributed by atoms with Gasteiger partial charge in [-0.15, -0.1) is 5.10 Å². The summed E-state index contributed by atoms with van der Waals surface area (Å²) in [6.45, 7) is 3.33. The smallest absolute Gasteiger partial charge is 0.111 e. The molecule has 0 amide bonds. The molecule has 166 valence electrons. The fraction of sp³-hybridized carbons (Fsp3) is 0.913. The quantitative estimate of drug-likeness (QED) is 0.496. The van der Waals surface area contributed by atoms with Crippen molar-refractivity contribution in [3.8, 4) is 0 Å². The van der Waals surface area contributed by atoms with Crippen molar-refractivity contribution < 1.29 is 14.6 Å². The summed E-state index contributed by atoms with van der Waals surface area (Å²) in [6, 6.07) is 0. The third kappa shape index (κ3) is 7.65. The summed E-state index contributed by atoms with van der Waals surface area (Å²) in [4.78, 5) is 0. The Labute approximate surface area is 176 Å². The van der Waals surface area contributed by atoms with Gasteiger partial charge in [-0.3, -0.25) is 0 Å². The first-order valence-electron chi connectivity index (χ1n) is 12.1. The van der Waals surface area contributed by atoms with Gasteiger partial charge < -0.3 is 14.6 Å². The van der Waals surface area contributed by atoms with Gasteiger partial charge >= 0.3 is 0 Å². The first-order chi connectivity index (χ1) is 14.3. The molecule has 0 bridgehead atoms. The van der Waals surface area contributed by atoms with E-state index < -0.39 is 0 Å². The van der Waals surface area contributed by atoms with Crippen LogP contribution in [0.3, 0.4) is 0 Å². The fourth-order valence-corrected chi connectivity index (χ4v) is 4.70. The van der Waals surface area contributed by atoms with E-state index in [1.165, 1.54) is 51.4 Å². The molecule has 2 aliphatic heterocycles. The number of ether oxygens (including phenoxy) is 2. The summed E-state index contributed by atoms with van der Waals surface area (Å²) in [5, 5.41) is 17.8. The van der Waals surface area contributed by atoms with Crippen LogP contribution in [0, 0.1) is 0 Å². The van der Waals surface area contributed by atoms with Gasteiger partial charge in [0.2, 0.25) is 0 Å². The van der Waals surface area contributed by atoms with Crippen LogP contribution in [0.4, 0.5) is 0 Å². The SMILES string of the molecule is CCCCCC[C@H]1CCC[C@@H](Cn2cc([C@@H]3CCC[C@H](CCCCO)O3)nn2)O1. The average molecular weight is 408 g/mol. The minimum Gasteiger partial charge on any atom is -0.396 e. The lowest BCUT2D eigenvalue weighted by molar-refractivity contribution is -0.0625. The number of hydrogen-bond acceptors (Lipinski definition) is 5. The zero-order chi connectivity index (χ0) is 20.3. The molecule has 3 rings (SSSR count). The number of aliphatic hydroxyl groups excluding tert-OH is 1.